The quantitative estimate of drug-likeness (QED) is 0.894. The van der Waals surface area contributed by atoms with Gasteiger partial charge in [-0.1, -0.05) is 0 Å². The molecule has 2 heterocycles. The van der Waals surface area contributed by atoms with Crippen molar-refractivity contribution in [1.29, 1.82) is 0 Å². The molecule has 4 nitrogen and oxygen atoms in total. The fourth-order valence-corrected chi connectivity index (χ4v) is 2.55. The second-order valence-electron chi connectivity index (χ2n) is 4.13. The molecule has 0 aliphatic carbocycles. The van der Waals surface area contributed by atoms with E-state index in [1.807, 2.05) is 13.0 Å². The van der Waals surface area contributed by atoms with Gasteiger partial charge in [-0.2, -0.15) is 0 Å². The molecule has 86 valence electrons. The molecule has 1 saturated heterocycles. The molecule has 1 amide bonds. The summed E-state index contributed by atoms with van der Waals surface area (Å²) in [6.45, 7) is 3.19. The zero-order valence-corrected chi connectivity index (χ0v) is 10.7. The van der Waals surface area contributed by atoms with Crippen LogP contribution in [0.1, 0.15) is 12.0 Å². The van der Waals surface area contributed by atoms with Gasteiger partial charge in [-0.05, 0) is 46.9 Å². The van der Waals surface area contributed by atoms with E-state index in [1.54, 1.807) is 11.1 Å². The van der Waals surface area contributed by atoms with Crippen molar-refractivity contribution in [3.8, 4) is 0 Å². The molecule has 1 aliphatic rings. The predicted molar refractivity (Wildman–Crippen MR) is 66.2 cm³/mol. The smallest absolute Gasteiger partial charge is 0.228 e. The lowest BCUT2D eigenvalue weighted by Gasteiger charge is -2.17. The normalized spacial score (nSPS) is 20.6. The molecular formula is C11H14BrN3O. The van der Waals surface area contributed by atoms with Gasteiger partial charge in [0.2, 0.25) is 5.91 Å². The first-order chi connectivity index (χ1) is 7.61. The first kappa shape index (κ1) is 11.5. The number of halogens is 1. The summed E-state index contributed by atoms with van der Waals surface area (Å²) in [6.07, 6.45) is 2.29. The highest BCUT2D eigenvalue weighted by Gasteiger charge is 2.31. The van der Waals surface area contributed by atoms with Crippen molar-refractivity contribution in [2.24, 2.45) is 11.7 Å². The highest BCUT2D eigenvalue weighted by Crippen LogP contribution is 2.29. The van der Waals surface area contributed by atoms with Crippen molar-refractivity contribution in [3.63, 3.8) is 0 Å². The van der Waals surface area contributed by atoms with E-state index in [2.05, 4.69) is 20.9 Å². The Kier molecular flexibility index (Phi) is 3.25. The van der Waals surface area contributed by atoms with Crippen LogP contribution in [-0.4, -0.2) is 24.0 Å². The number of aromatic nitrogens is 1. The molecule has 1 fully saturated rings. The molecule has 1 aromatic heterocycles. The Balaban J connectivity index is 2.28. The van der Waals surface area contributed by atoms with Crippen LogP contribution in [-0.2, 0) is 4.79 Å². The number of carbonyl (C=O) groups is 1. The predicted octanol–water partition coefficient (Wildman–Crippen LogP) is 1.46. The van der Waals surface area contributed by atoms with Gasteiger partial charge in [-0.25, -0.2) is 4.98 Å². The molecule has 0 spiro atoms. The summed E-state index contributed by atoms with van der Waals surface area (Å²) in [5.41, 5.74) is 6.65. The topological polar surface area (TPSA) is 59.2 Å². The molecule has 1 aromatic rings. The molecule has 0 saturated carbocycles. The molecule has 1 unspecified atom stereocenters. The van der Waals surface area contributed by atoms with Crippen molar-refractivity contribution in [3.05, 3.63) is 22.3 Å². The summed E-state index contributed by atoms with van der Waals surface area (Å²) in [5.74, 6) is 1.06. The van der Waals surface area contributed by atoms with Crippen molar-refractivity contribution in [2.75, 3.05) is 18.0 Å². The molecule has 0 radical (unpaired) electrons. The number of pyridine rings is 1. The summed E-state index contributed by atoms with van der Waals surface area (Å²) < 4.78 is 0.860. The van der Waals surface area contributed by atoms with Crippen molar-refractivity contribution < 1.29 is 4.79 Å². The van der Waals surface area contributed by atoms with Crippen molar-refractivity contribution in [1.82, 2.24) is 4.98 Å². The largest absolute Gasteiger partial charge is 0.330 e. The van der Waals surface area contributed by atoms with Gasteiger partial charge in [0.15, 0.2) is 0 Å². The minimum Gasteiger partial charge on any atom is -0.330 e. The third kappa shape index (κ3) is 2.10. The van der Waals surface area contributed by atoms with E-state index in [1.165, 1.54) is 0 Å². The fraction of sp³-hybridized carbons (Fsp3) is 0.455. The van der Waals surface area contributed by atoms with Crippen LogP contribution in [0.25, 0.3) is 0 Å². The number of amides is 1. The van der Waals surface area contributed by atoms with Gasteiger partial charge in [0.05, 0.1) is 4.47 Å². The van der Waals surface area contributed by atoms with Crippen LogP contribution in [0.4, 0.5) is 5.82 Å². The zero-order chi connectivity index (χ0) is 11.7. The van der Waals surface area contributed by atoms with Crippen LogP contribution >= 0.6 is 15.9 Å². The minimum atomic E-state index is 0.104. The average Bonchev–Trinajstić information content (AvgIpc) is 2.60. The first-order valence-electron chi connectivity index (χ1n) is 5.24. The van der Waals surface area contributed by atoms with E-state index in [0.717, 1.165) is 10.0 Å². The minimum absolute atomic E-state index is 0.104. The first-order valence-corrected chi connectivity index (χ1v) is 6.03. The molecule has 1 aliphatic heterocycles. The summed E-state index contributed by atoms with van der Waals surface area (Å²) >= 11 is 3.44. The summed E-state index contributed by atoms with van der Waals surface area (Å²) in [7, 11) is 0. The number of carbonyl (C=O) groups excluding carboxylic acids is 1. The molecule has 2 N–H and O–H groups in total. The SMILES string of the molecule is Cc1cnc(N2CC(CN)CC2=O)c(Br)c1. The van der Waals surface area contributed by atoms with Gasteiger partial charge >= 0.3 is 0 Å². The summed E-state index contributed by atoms with van der Waals surface area (Å²) in [5, 5.41) is 0. The lowest BCUT2D eigenvalue weighted by atomic mass is 10.1. The molecule has 2 rings (SSSR count). The van der Waals surface area contributed by atoms with E-state index < -0.39 is 0 Å². The van der Waals surface area contributed by atoms with E-state index in [9.17, 15) is 4.79 Å². The number of rotatable bonds is 2. The molecule has 0 bridgehead atoms. The van der Waals surface area contributed by atoms with Crippen LogP contribution in [0.5, 0.6) is 0 Å². The highest BCUT2D eigenvalue weighted by atomic mass is 79.9. The Bertz CT molecular complexity index is 422. The number of hydrogen-bond acceptors (Lipinski definition) is 3. The number of nitrogens with two attached hydrogens (primary N) is 1. The van der Waals surface area contributed by atoms with Crippen molar-refractivity contribution in [2.45, 2.75) is 13.3 Å². The lowest BCUT2D eigenvalue weighted by Crippen LogP contribution is -2.27. The van der Waals surface area contributed by atoms with Gasteiger partial charge in [0, 0.05) is 19.2 Å². The van der Waals surface area contributed by atoms with Crippen molar-refractivity contribution >= 4 is 27.7 Å². The Morgan fingerprint density at radius 1 is 1.69 bits per heavy atom. The third-order valence-electron chi connectivity index (χ3n) is 2.75. The standard InChI is InChI=1S/C11H14BrN3O/c1-7-2-9(12)11(14-5-7)15-6-8(4-13)3-10(15)16/h2,5,8H,3-4,6,13H2,1H3. The maximum Gasteiger partial charge on any atom is 0.228 e. The molecule has 5 heteroatoms. The van der Waals surface area contributed by atoms with Crippen LogP contribution in [0.3, 0.4) is 0 Å². The monoisotopic (exact) mass is 283 g/mol. The van der Waals surface area contributed by atoms with E-state index in [0.29, 0.717) is 25.3 Å². The van der Waals surface area contributed by atoms with Crippen LogP contribution in [0, 0.1) is 12.8 Å². The molecule has 16 heavy (non-hydrogen) atoms. The Hall–Kier alpha value is -0.940. The highest BCUT2D eigenvalue weighted by molar-refractivity contribution is 9.10. The molecule has 0 aromatic carbocycles. The second kappa shape index (κ2) is 4.51. The van der Waals surface area contributed by atoms with E-state index in [4.69, 9.17) is 5.73 Å². The number of aryl methyl sites for hydroxylation is 1. The van der Waals surface area contributed by atoms with Gasteiger partial charge in [-0.15, -0.1) is 0 Å². The van der Waals surface area contributed by atoms with Gasteiger partial charge in [0.1, 0.15) is 5.82 Å². The van der Waals surface area contributed by atoms with Gasteiger partial charge in [-0.3, -0.25) is 9.69 Å². The van der Waals surface area contributed by atoms with Gasteiger partial charge in [0.25, 0.3) is 0 Å². The van der Waals surface area contributed by atoms with Gasteiger partial charge < -0.3 is 5.73 Å². The van der Waals surface area contributed by atoms with E-state index in [-0.39, 0.29) is 11.8 Å². The van der Waals surface area contributed by atoms with Crippen LogP contribution < -0.4 is 10.6 Å². The van der Waals surface area contributed by atoms with E-state index >= 15 is 0 Å². The summed E-state index contributed by atoms with van der Waals surface area (Å²) in [4.78, 5) is 17.8. The second-order valence-corrected chi connectivity index (χ2v) is 4.98. The summed E-state index contributed by atoms with van der Waals surface area (Å²) in [6, 6.07) is 1.96. The lowest BCUT2D eigenvalue weighted by molar-refractivity contribution is -0.117. The Morgan fingerprint density at radius 3 is 3.00 bits per heavy atom. The third-order valence-corrected chi connectivity index (χ3v) is 3.34. The average molecular weight is 284 g/mol. The molecular weight excluding hydrogens is 270 g/mol. The Labute approximate surface area is 103 Å². The fourth-order valence-electron chi connectivity index (χ4n) is 1.87. The van der Waals surface area contributed by atoms with Crippen LogP contribution in [0.2, 0.25) is 0 Å². The molecule has 1 atom stereocenters. The number of anilines is 1. The maximum atomic E-state index is 11.8. The zero-order valence-electron chi connectivity index (χ0n) is 9.11. The Morgan fingerprint density at radius 2 is 2.44 bits per heavy atom. The number of nitrogens with zero attached hydrogens (tertiary/aromatic N) is 2. The maximum absolute atomic E-state index is 11.8. The number of hydrogen-bond donors (Lipinski definition) is 1. The van der Waals surface area contributed by atoms with Crippen LogP contribution in [0.15, 0.2) is 16.7 Å².